The van der Waals surface area contributed by atoms with Gasteiger partial charge in [0, 0.05) is 31.2 Å². The second-order valence-corrected chi connectivity index (χ2v) is 8.71. The quantitative estimate of drug-likeness (QED) is 0.550. The van der Waals surface area contributed by atoms with Crippen molar-refractivity contribution in [3.05, 3.63) is 54.1 Å². The Kier molecular flexibility index (Phi) is 8.00. The Bertz CT molecular complexity index is 1010. The standard InChI is InChI=1S/C23H28N4O7/c1-23(2,3)33-22(31)25-18(21(30)34-27-19(28)9-10-20(27)29)11-17-12-24-14-26(17)15-32-13-16-7-5-4-6-8-16/h4-8,12,14,18H,9-11,13,15H2,1-3H3,(H,25,31). The number of nitrogens with one attached hydrogen (secondary N) is 1. The van der Waals surface area contributed by atoms with Crippen LogP contribution in [-0.4, -0.2) is 50.1 Å². The summed E-state index contributed by atoms with van der Waals surface area (Å²) in [5.74, 6) is -2.21. The lowest BCUT2D eigenvalue weighted by molar-refractivity contribution is -0.198. The van der Waals surface area contributed by atoms with E-state index in [0.29, 0.717) is 17.4 Å². The van der Waals surface area contributed by atoms with Gasteiger partial charge in [-0.3, -0.25) is 9.59 Å². The zero-order valence-electron chi connectivity index (χ0n) is 19.4. The van der Waals surface area contributed by atoms with Gasteiger partial charge < -0.3 is 24.2 Å². The highest BCUT2D eigenvalue weighted by atomic mass is 16.7. The number of ether oxygens (including phenoxy) is 2. The number of hydrogen-bond donors (Lipinski definition) is 1. The Morgan fingerprint density at radius 2 is 1.79 bits per heavy atom. The zero-order chi connectivity index (χ0) is 24.7. The summed E-state index contributed by atoms with van der Waals surface area (Å²) in [4.78, 5) is 58.0. The third-order valence-corrected chi connectivity index (χ3v) is 4.72. The smallest absolute Gasteiger partial charge is 0.408 e. The average Bonchev–Trinajstić information content (AvgIpc) is 3.33. The maximum atomic E-state index is 12.8. The Morgan fingerprint density at radius 3 is 2.44 bits per heavy atom. The van der Waals surface area contributed by atoms with E-state index < -0.39 is 35.5 Å². The second-order valence-electron chi connectivity index (χ2n) is 8.71. The van der Waals surface area contributed by atoms with E-state index in [2.05, 4.69) is 10.3 Å². The maximum Gasteiger partial charge on any atom is 0.408 e. The predicted molar refractivity (Wildman–Crippen MR) is 117 cm³/mol. The molecule has 3 amide bonds. The highest BCUT2D eigenvalue weighted by Crippen LogP contribution is 2.15. The number of carbonyl (C=O) groups excluding carboxylic acids is 4. The van der Waals surface area contributed by atoms with Crippen molar-refractivity contribution >= 4 is 23.9 Å². The number of nitrogens with zero attached hydrogens (tertiary/aromatic N) is 3. The van der Waals surface area contributed by atoms with Gasteiger partial charge >= 0.3 is 12.1 Å². The molecule has 1 unspecified atom stereocenters. The zero-order valence-corrected chi connectivity index (χ0v) is 19.4. The van der Waals surface area contributed by atoms with E-state index in [4.69, 9.17) is 14.3 Å². The van der Waals surface area contributed by atoms with Gasteiger partial charge in [0.15, 0.2) is 0 Å². The van der Waals surface area contributed by atoms with Gasteiger partial charge in [0.05, 0.1) is 12.9 Å². The monoisotopic (exact) mass is 472 g/mol. The van der Waals surface area contributed by atoms with E-state index in [1.807, 2.05) is 30.3 Å². The normalized spacial score (nSPS) is 14.7. The summed E-state index contributed by atoms with van der Waals surface area (Å²) < 4.78 is 12.6. The minimum Gasteiger partial charge on any atom is -0.444 e. The molecule has 34 heavy (non-hydrogen) atoms. The number of imidazole rings is 1. The fourth-order valence-corrected chi connectivity index (χ4v) is 3.13. The summed E-state index contributed by atoms with van der Waals surface area (Å²) >= 11 is 0. The van der Waals surface area contributed by atoms with Crippen LogP contribution in [0.1, 0.15) is 44.9 Å². The number of aromatic nitrogens is 2. The number of benzene rings is 1. The molecule has 1 aromatic carbocycles. The number of amides is 3. The fourth-order valence-electron chi connectivity index (χ4n) is 3.13. The van der Waals surface area contributed by atoms with E-state index in [9.17, 15) is 19.2 Å². The van der Waals surface area contributed by atoms with Crippen LogP contribution in [0, 0.1) is 0 Å². The number of hydroxylamine groups is 2. The van der Waals surface area contributed by atoms with Crippen molar-refractivity contribution in [2.24, 2.45) is 0 Å². The molecule has 0 radical (unpaired) electrons. The van der Waals surface area contributed by atoms with E-state index in [0.717, 1.165) is 5.56 Å². The number of alkyl carbamates (subject to hydrolysis) is 1. The molecule has 2 aromatic rings. The largest absolute Gasteiger partial charge is 0.444 e. The molecular weight excluding hydrogens is 444 g/mol. The Balaban J connectivity index is 1.68. The van der Waals surface area contributed by atoms with Crippen LogP contribution in [-0.2, 0) is 48.5 Å². The van der Waals surface area contributed by atoms with Gasteiger partial charge in [-0.2, -0.15) is 0 Å². The number of imide groups is 1. The van der Waals surface area contributed by atoms with E-state index in [1.54, 1.807) is 25.3 Å². The highest BCUT2D eigenvalue weighted by Gasteiger charge is 2.36. The van der Waals surface area contributed by atoms with Crippen LogP contribution in [0.15, 0.2) is 42.9 Å². The Morgan fingerprint density at radius 1 is 1.12 bits per heavy atom. The average molecular weight is 472 g/mol. The molecule has 1 aliphatic heterocycles. The predicted octanol–water partition coefficient (Wildman–Crippen LogP) is 2.10. The second kappa shape index (κ2) is 10.9. The van der Waals surface area contributed by atoms with Crippen LogP contribution in [0.3, 0.4) is 0 Å². The molecule has 11 nitrogen and oxygen atoms in total. The van der Waals surface area contributed by atoms with Crippen LogP contribution in [0.4, 0.5) is 4.79 Å². The third-order valence-electron chi connectivity index (χ3n) is 4.72. The molecule has 0 aliphatic carbocycles. The van der Waals surface area contributed by atoms with Crippen LogP contribution in [0.2, 0.25) is 0 Å². The molecule has 0 saturated carbocycles. The molecule has 1 aromatic heterocycles. The minimum atomic E-state index is -1.25. The van der Waals surface area contributed by atoms with Gasteiger partial charge in [-0.25, -0.2) is 14.6 Å². The molecule has 1 atom stereocenters. The summed E-state index contributed by atoms with van der Waals surface area (Å²) in [5.41, 5.74) is 0.759. The SMILES string of the molecule is CC(C)(C)OC(=O)NC(Cc1cncn1COCc1ccccc1)C(=O)ON1C(=O)CCC1=O. The highest BCUT2D eigenvalue weighted by molar-refractivity contribution is 6.01. The van der Waals surface area contributed by atoms with Gasteiger partial charge in [0.2, 0.25) is 0 Å². The molecule has 1 fully saturated rings. The summed E-state index contributed by atoms with van der Waals surface area (Å²) in [5, 5.41) is 2.89. The van der Waals surface area contributed by atoms with Gasteiger partial charge in [0.25, 0.3) is 11.8 Å². The lowest BCUT2D eigenvalue weighted by Crippen LogP contribution is -2.48. The summed E-state index contributed by atoms with van der Waals surface area (Å²) in [7, 11) is 0. The van der Waals surface area contributed by atoms with Crippen molar-refractivity contribution in [1.82, 2.24) is 19.9 Å². The number of rotatable bonds is 9. The molecule has 2 heterocycles. The molecule has 0 spiro atoms. The first-order valence-corrected chi connectivity index (χ1v) is 10.8. The van der Waals surface area contributed by atoms with Crippen molar-refractivity contribution < 1.29 is 33.5 Å². The molecule has 1 N–H and O–H groups in total. The van der Waals surface area contributed by atoms with Crippen molar-refractivity contribution in [3.8, 4) is 0 Å². The topological polar surface area (TPSA) is 129 Å². The van der Waals surface area contributed by atoms with Crippen molar-refractivity contribution in [1.29, 1.82) is 0 Å². The first-order valence-electron chi connectivity index (χ1n) is 10.8. The lowest BCUT2D eigenvalue weighted by Gasteiger charge is -2.24. The first-order chi connectivity index (χ1) is 16.1. The van der Waals surface area contributed by atoms with Crippen molar-refractivity contribution in [2.75, 3.05) is 0 Å². The fraction of sp³-hybridized carbons (Fsp3) is 0.435. The van der Waals surface area contributed by atoms with Crippen LogP contribution in [0.25, 0.3) is 0 Å². The maximum absolute atomic E-state index is 12.8. The summed E-state index contributed by atoms with van der Waals surface area (Å²) in [6.07, 6.45) is 2.09. The third kappa shape index (κ3) is 7.14. The molecule has 1 aliphatic rings. The minimum absolute atomic E-state index is 0.0387. The molecule has 3 rings (SSSR count). The lowest BCUT2D eigenvalue weighted by atomic mass is 10.1. The molecular formula is C23H28N4O7. The summed E-state index contributed by atoms with van der Waals surface area (Å²) in [6, 6.07) is 8.36. The summed E-state index contributed by atoms with van der Waals surface area (Å²) in [6.45, 7) is 5.57. The van der Waals surface area contributed by atoms with Crippen LogP contribution < -0.4 is 5.32 Å². The van der Waals surface area contributed by atoms with Crippen molar-refractivity contribution in [3.63, 3.8) is 0 Å². The van der Waals surface area contributed by atoms with Gasteiger partial charge in [-0.05, 0) is 26.3 Å². The van der Waals surface area contributed by atoms with Crippen molar-refractivity contribution in [2.45, 2.75) is 65.0 Å². The van der Waals surface area contributed by atoms with Gasteiger partial charge in [-0.1, -0.05) is 30.3 Å². The van der Waals surface area contributed by atoms with Gasteiger partial charge in [-0.15, -0.1) is 5.06 Å². The Labute approximate surface area is 196 Å². The molecule has 182 valence electrons. The van der Waals surface area contributed by atoms with Gasteiger partial charge in [0.1, 0.15) is 18.4 Å². The first kappa shape index (κ1) is 24.9. The molecule has 0 bridgehead atoms. The number of carbonyl (C=O) groups is 4. The van der Waals surface area contributed by atoms with Crippen LogP contribution in [0.5, 0.6) is 0 Å². The van der Waals surface area contributed by atoms with Crippen LogP contribution >= 0.6 is 0 Å². The van der Waals surface area contributed by atoms with E-state index >= 15 is 0 Å². The molecule has 11 heteroatoms. The molecule has 1 saturated heterocycles. The van der Waals surface area contributed by atoms with E-state index in [-0.39, 0.29) is 26.0 Å². The number of hydrogen-bond acceptors (Lipinski definition) is 8. The van der Waals surface area contributed by atoms with E-state index in [1.165, 1.54) is 12.5 Å². The Hall–Kier alpha value is -3.73.